The molecule has 1 unspecified atom stereocenters. The standard InChI is InChI=1S/C24H29N5O3.C2H6/c1-24(2,3)32-22(30)16-26-20(14-17-8-6-5-7-9-17)23(31)27-21-15-19(28-29(21)4)18-10-12-25-13-11-18;1-2/h5-13,15,20,26H,14,16H2,1-4H3,(H,27,31);1-2H3. The van der Waals surface area contributed by atoms with Crippen molar-refractivity contribution in [2.45, 2.75) is 52.7 Å². The van der Waals surface area contributed by atoms with Crippen LogP contribution < -0.4 is 10.6 Å². The molecule has 0 aliphatic heterocycles. The van der Waals surface area contributed by atoms with Crippen molar-refractivity contribution in [3.63, 3.8) is 0 Å². The molecular formula is C26H35N5O3. The first-order valence-electron chi connectivity index (χ1n) is 11.5. The van der Waals surface area contributed by atoms with E-state index in [4.69, 9.17) is 4.74 Å². The molecule has 0 radical (unpaired) electrons. The number of nitrogens with one attached hydrogen (secondary N) is 2. The van der Waals surface area contributed by atoms with E-state index in [1.807, 2.05) is 77.1 Å². The van der Waals surface area contributed by atoms with Gasteiger partial charge >= 0.3 is 5.97 Å². The Balaban J connectivity index is 0.00000199. The van der Waals surface area contributed by atoms with Crippen molar-refractivity contribution in [2.24, 2.45) is 7.05 Å². The van der Waals surface area contributed by atoms with E-state index < -0.39 is 17.6 Å². The SMILES string of the molecule is CC.Cn1nc(-c2ccncc2)cc1NC(=O)C(Cc1ccccc1)NCC(=O)OC(C)(C)C. The molecule has 3 rings (SSSR count). The Morgan fingerprint density at radius 2 is 1.71 bits per heavy atom. The Labute approximate surface area is 201 Å². The summed E-state index contributed by atoms with van der Waals surface area (Å²) in [5.41, 5.74) is 2.02. The highest BCUT2D eigenvalue weighted by Crippen LogP contribution is 2.20. The minimum Gasteiger partial charge on any atom is -0.459 e. The van der Waals surface area contributed by atoms with Gasteiger partial charge in [-0.1, -0.05) is 44.2 Å². The van der Waals surface area contributed by atoms with Crippen LogP contribution in [0.3, 0.4) is 0 Å². The predicted octanol–water partition coefficient (Wildman–Crippen LogP) is 3.99. The van der Waals surface area contributed by atoms with Crippen molar-refractivity contribution in [1.29, 1.82) is 0 Å². The summed E-state index contributed by atoms with van der Waals surface area (Å²) in [5.74, 6) is -0.121. The van der Waals surface area contributed by atoms with Crippen molar-refractivity contribution >= 4 is 17.7 Å². The third-order valence-corrected chi connectivity index (χ3v) is 4.62. The number of aromatic nitrogens is 3. The molecule has 2 heterocycles. The Bertz CT molecular complexity index is 1040. The summed E-state index contributed by atoms with van der Waals surface area (Å²) in [7, 11) is 1.76. The first kappa shape index (κ1) is 26.7. The van der Waals surface area contributed by atoms with E-state index in [0.717, 1.165) is 16.8 Å². The second-order valence-corrected chi connectivity index (χ2v) is 8.47. The molecule has 1 aromatic carbocycles. The number of anilines is 1. The molecule has 0 spiro atoms. The number of hydrogen-bond acceptors (Lipinski definition) is 6. The largest absolute Gasteiger partial charge is 0.459 e. The van der Waals surface area contributed by atoms with Crippen molar-refractivity contribution in [2.75, 3.05) is 11.9 Å². The van der Waals surface area contributed by atoms with Crippen molar-refractivity contribution in [3.05, 3.63) is 66.5 Å². The van der Waals surface area contributed by atoms with Gasteiger partial charge in [-0.15, -0.1) is 0 Å². The fraction of sp³-hybridized carbons (Fsp3) is 0.385. The highest BCUT2D eigenvalue weighted by atomic mass is 16.6. The number of aryl methyl sites for hydroxylation is 1. The smallest absolute Gasteiger partial charge is 0.320 e. The third-order valence-electron chi connectivity index (χ3n) is 4.62. The number of pyridine rings is 1. The molecular weight excluding hydrogens is 430 g/mol. The number of nitrogens with zero attached hydrogens (tertiary/aromatic N) is 3. The van der Waals surface area contributed by atoms with E-state index in [-0.39, 0.29) is 12.5 Å². The van der Waals surface area contributed by atoms with E-state index in [1.165, 1.54) is 0 Å². The van der Waals surface area contributed by atoms with Gasteiger partial charge in [0.2, 0.25) is 5.91 Å². The van der Waals surface area contributed by atoms with Gasteiger partial charge in [-0.2, -0.15) is 5.10 Å². The van der Waals surface area contributed by atoms with Crippen molar-refractivity contribution in [1.82, 2.24) is 20.1 Å². The van der Waals surface area contributed by atoms with Gasteiger partial charge in [0, 0.05) is 31.1 Å². The normalized spacial score (nSPS) is 11.7. The van der Waals surface area contributed by atoms with Crippen molar-refractivity contribution in [3.8, 4) is 11.3 Å². The molecule has 0 aliphatic carbocycles. The summed E-state index contributed by atoms with van der Waals surface area (Å²) >= 11 is 0. The van der Waals surface area contributed by atoms with E-state index in [0.29, 0.717) is 12.2 Å². The molecule has 0 fully saturated rings. The number of hydrogen-bond donors (Lipinski definition) is 2. The van der Waals surface area contributed by atoms with Crippen LogP contribution in [0.25, 0.3) is 11.3 Å². The zero-order chi connectivity index (χ0) is 25.1. The minimum absolute atomic E-state index is 0.0736. The Kier molecular flexibility index (Phi) is 9.94. The number of ether oxygens (including phenoxy) is 1. The lowest BCUT2D eigenvalue weighted by molar-refractivity contribution is -0.153. The number of carbonyl (C=O) groups is 2. The van der Waals surface area contributed by atoms with Crippen LogP contribution in [0.2, 0.25) is 0 Å². The highest BCUT2D eigenvalue weighted by molar-refractivity contribution is 5.95. The third kappa shape index (κ3) is 8.44. The fourth-order valence-corrected chi connectivity index (χ4v) is 3.15. The van der Waals surface area contributed by atoms with E-state index in [9.17, 15) is 9.59 Å². The maximum absolute atomic E-state index is 13.1. The second kappa shape index (κ2) is 12.6. The number of esters is 1. The van der Waals surface area contributed by atoms with Gasteiger partial charge in [-0.25, -0.2) is 0 Å². The maximum atomic E-state index is 13.1. The summed E-state index contributed by atoms with van der Waals surface area (Å²) in [5, 5.41) is 10.4. The van der Waals surface area contributed by atoms with Gasteiger partial charge in [0.25, 0.3) is 0 Å². The van der Waals surface area contributed by atoms with E-state index in [2.05, 4.69) is 20.7 Å². The molecule has 1 amide bonds. The lowest BCUT2D eigenvalue weighted by atomic mass is 10.1. The average molecular weight is 466 g/mol. The van der Waals surface area contributed by atoms with Crippen LogP contribution in [0.15, 0.2) is 60.9 Å². The van der Waals surface area contributed by atoms with Gasteiger partial charge in [0.1, 0.15) is 11.4 Å². The van der Waals surface area contributed by atoms with Gasteiger partial charge in [-0.3, -0.25) is 24.6 Å². The molecule has 34 heavy (non-hydrogen) atoms. The van der Waals surface area contributed by atoms with Crippen LogP contribution in [0.1, 0.15) is 40.2 Å². The Morgan fingerprint density at radius 1 is 1.06 bits per heavy atom. The van der Waals surface area contributed by atoms with Crippen LogP contribution in [-0.4, -0.2) is 44.8 Å². The van der Waals surface area contributed by atoms with Gasteiger partial charge in [-0.05, 0) is 44.9 Å². The van der Waals surface area contributed by atoms with E-state index in [1.54, 1.807) is 30.2 Å². The van der Waals surface area contributed by atoms with E-state index >= 15 is 0 Å². The molecule has 8 heteroatoms. The van der Waals surface area contributed by atoms with Gasteiger partial charge in [0.05, 0.1) is 18.3 Å². The first-order valence-corrected chi connectivity index (χ1v) is 11.5. The molecule has 8 nitrogen and oxygen atoms in total. The van der Waals surface area contributed by atoms with Crippen LogP contribution >= 0.6 is 0 Å². The summed E-state index contributed by atoms with van der Waals surface area (Å²) in [6.07, 6.45) is 3.81. The minimum atomic E-state index is -0.635. The summed E-state index contributed by atoms with van der Waals surface area (Å²) in [4.78, 5) is 29.3. The summed E-state index contributed by atoms with van der Waals surface area (Å²) in [6.45, 7) is 9.35. The zero-order valence-corrected chi connectivity index (χ0v) is 20.8. The molecule has 1 atom stereocenters. The first-order chi connectivity index (χ1) is 16.2. The molecule has 2 N–H and O–H groups in total. The number of rotatable bonds is 8. The predicted molar refractivity (Wildman–Crippen MR) is 134 cm³/mol. The molecule has 0 aliphatic rings. The van der Waals surface area contributed by atoms with Crippen LogP contribution in [0.5, 0.6) is 0 Å². The molecule has 0 bridgehead atoms. The molecule has 2 aromatic heterocycles. The quantitative estimate of drug-likeness (QED) is 0.488. The molecule has 0 saturated heterocycles. The summed E-state index contributed by atoms with van der Waals surface area (Å²) in [6, 6.07) is 14.5. The number of benzene rings is 1. The molecule has 3 aromatic rings. The van der Waals surface area contributed by atoms with Crippen molar-refractivity contribution < 1.29 is 14.3 Å². The highest BCUT2D eigenvalue weighted by Gasteiger charge is 2.23. The van der Waals surface area contributed by atoms with Crippen LogP contribution in [-0.2, 0) is 27.8 Å². The lowest BCUT2D eigenvalue weighted by Crippen LogP contribution is -2.45. The monoisotopic (exact) mass is 465 g/mol. The second-order valence-electron chi connectivity index (χ2n) is 8.47. The van der Waals surface area contributed by atoms with Gasteiger partial charge < -0.3 is 10.1 Å². The van der Waals surface area contributed by atoms with Crippen LogP contribution in [0.4, 0.5) is 5.82 Å². The maximum Gasteiger partial charge on any atom is 0.320 e. The van der Waals surface area contributed by atoms with Gasteiger partial charge in [0.15, 0.2) is 0 Å². The lowest BCUT2D eigenvalue weighted by Gasteiger charge is -2.22. The average Bonchev–Trinajstić information content (AvgIpc) is 3.18. The summed E-state index contributed by atoms with van der Waals surface area (Å²) < 4.78 is 6.97. The zero-order valence-electron chi connectivity index (χ0n) is 20.8. The number of carbonyl (C=O) groups excluding carboxylic acids is 2. The van der Waals surface area contributed by atoms with Crippen LogP contribution in [0, 0.1) is 0 Å². The number of amides is 1. The molecule has 182 valence electrons. The molecule has 0 saturated carbocycles. The Hall–Kier alpha value is -3.52. The Morgan fingerprint density at radius 3 is 2.32 bits per heavy atom. The fourth-order valence-electron chi connectivity index (χ4n) is 3.15. The topological polar surface area (TPSA) is 98.1 Å².